The maximum Gasteiger partial charge on any atom is 0.243 e. The Hall–Kier alpha value is -1.56. The maximum absolute atomic E-state index is 13.0. The molecule has 1 fully saturated rings. The molecule has 2 N–H and O–H groups in total. The number of halogens is 1. The largest absolute Gasteiger partial charge is 0.370 e. The molecule has 8 nitrogen and oxygen atoms in total. The second-order valence-electron chi connectivity index (χ2n) is 6.42. The second kappa shape index (κ2) is 9.09. The molecule has 1 aliphatic heterocycles. The van der Waals surface area contributed by atoms with Crippen LogP contribution in [0.15, 0.2) is 29.2 Å². The molecule has 2 rings (SSSR count). The second-order valence-corrected chi connectivity index (χ2v) is 10.7. The highest BCUT2D eigenvalue weighted by Gasteiger charge is 2.27. The minimum Gasteiger partial charge on any atom is -0.370 e. The zero-order valence-corrected chi connectivity index (χ0v) is 16.5. The molecule has 0 spiro atoms. The van der Waals surface area contributed by atoms with Crippen LogP contribution in [0.1, 0.15) is 12.8 Å². The van der Waals surface area contributed by atoms with E-state index in [0.29, 0.717) is 26.1 Å². The molecular formula is C16H24FN3O5S2. The average molecular weight is 422 g/mol. The van der Waals surface area contributed by atoms with Gasteiger partial charge >= 0.3 is 0 Å². The lowest BCUT2D eigenvalue weighted by atomic mass is 10.4. The highest BCUT2D eigenvalue weighted by Crippen LogP contribution is 2.18. The van der Waals surface area contributed by atoms with Gasteiger partial charge in [-0.05, 0) is 37.2 Å². The molecule has 27 heavy (non-hydrogen) atoms. The molecule has 0 aliphatic carbocycles. The zero-order chi connectivity index (χ0) is 20.1. The topological polar surface area (TPSA) is 118 Å². The lowest BCUT2D eigenvalue weighted by Crippen LogP contribution is -2.36. The Bertz CT molecular complexity index is 857. The quantitative estimate of drug-likeness (QED) is 0.622. The first-order chi connectivity index (χ1) is 12.6. The number of hydrogen-bond donors (Lipinski definition) is 1. The highest BCUT2D eigenvalue weighted by molar-refractivity contribution is 7.91. The Morgan fingerprint density at radius 1 is 1.00 bits per heavy atom. The summed E-state index contributed by atoms with van der Waals surface area (Å²) >= 11 is 0. The Kier molecular flexibility index (Phi) is 7.32. The van der Waals surface area contributed by atoms with Gasteiger partial charge in [-0.2, -0.15) is 4.31 Å². The van der Waals surface area contributed by atoms with Gasteiger partial charge in [0.05, 0.1) is 16.4 Å². The standard InChI is InChI=1S/C16H24FN3O5S2/c17-14-2-4-15(5-3-14)27(24,25)20-8-1-7-19(9-10-20)11-13-26(22,23)12-6-16(18)21/h2-5H,1,6-13H2,(H2,18,21). The van der Waals surface area contributed by atoms with Crippen molar-refractivity contribution >= 4 is 25.8 Å². The van der Waals surface area contributed by atoms with E-state index in [1.807, 2.05) is 4.90 Å². The molecule has 1 saturated heterocycles. The van der Waals surface area contributed by atoms with E-state index in [4.69, 9.17) is 5.73 Å². The van der Waals surface area contributed by atoms with Crippen LogP contribution in [0, 0.1) is 5.82 Å². The van der Waals surface area contributed by atoms with Gasteiger partial charge in [0.25, 0.3) is 0 Å². The monoisotopic (exact) mass is 421 g/mol. The number of carbonyl (C=O) groups excluding carboxylic acids is 1. The summed E-state index contributed by atoms with van der Waals surface area (Å²) in [5.74, 6) is -1.55. The molecule has 1 aromatic carbocycles. The summed E-state index contributed by atoms with van der Waals surface area (Å²) in [5.41, 5.74) is 4.97. The van der Waals surface area contributed by atoms with Crippen LogP contribution in [0.3, 0.4) is 0 Å². The number of primary amides is 1. The van der Waals surface area contributed by atoms with Crippen molar-refractivity contribution in [1.29, 1.82) is 0 Å². The van der Waals surface area contributed by atoms with Crippen LogP contribution in [0.2, 0.25) is 0 Å². The summed E-state index contributed by atoms with van der Waals surface area (Å²) < 4.78 is 63.6. The third kappa shape index (κ3) is 6.52. The fraction of sp³-hybridized carbons (Fsp3) is 0.562. The summed E-state index contributed by atoms with van der Waals surface area (Å²) in [6.45, 7) is 1.77. The van der Waals surface area contributed by atoms with Gasteiger partial charge in [-0.3, -0.25) is 4.79 Å². The van der Waals surface area contributed by atoms with Crippen LogP contribution in [-0.2, 0) is 24.7 Å². The minimum atomic E-state index is -3.72. The van der Waals surface area contributed by atoms with Gasteiger partial charge in [0.15, 0.2) is 9.84 Å². The number of nitrogens with two attached hydrogens (primary N) is 1. The molecule has 1 aliphatic rings. The van der Waals surface area contributed by atoms with Crippen LogP contribution in [0.4, 0.5) is 4.39 Å². The van der Waals surface area contributed by atoms with Crippen molar-refractivity contribution in [2.45, 2.75) is 17.7 Å². The van der Waals surface area contributed by atoms with Crippen molar-refractivity contribution in [2.75, 3.05) is 44.2 Å². The van der Waals surface area contributed by atoms with Crippen molar-refractivity contribution < 1.29 is 26.0 Å². The van der Waals surface area contributed by atoms with Crippen LogP contribution in [0.5, 0.6) is 0 Å². The molecule has 1 aromatic rings. The molecule has 0 bridgehead atoms. The van der Waals surface area contributed by atoms with Crippen molar-refractivity contribution in [3.8, 4) is 0 Å². The molecule has 0 radical (unpaired) electrons. The zero-order valence-electron chi connectivity index (χ0n) is 14.9. The number of nitrogens with zero attached hydrogens (tertiary/aromatic N) is 2. The number of carbonyl (C=O) groups is 1. The summed E-state index contributed by atoms with van der Waals surface area (Å²) in [7, 11) is -7.10. The Balaban J connectivity index is 1.93. The van der Waals surface area contributed by atoms with Crippen LogP contribution in [0.25, 0.3) is 0 Å². The SMILES string of the molecule is NC(=O)CCS(=O)(=O)CCN1CCCN(S(=O)(=O)c2ccc(F)cc2)CC1. The summed E-state index contributed by atoms with van der Waals surface area (Å²) in [6, 6.07) is 4.68. The van der Waals surface area contributed by atoms with Crippen LogP contribution < -0.4 is 5.73 Å². The van der Waals surface area contributed by atoms with Gasteiger partial charge in [0, 0.05) is 32.6 Å². The predicted molar refractivity (Wildman–Crippen MR) is 98.7 cm³/mol. The first kappa shape index (κ1) is 21.7. The molecular weight excluding hydrogens is 397 g/mol. The lowest BCUT2D eigenvalue weighted by Gasteiger charge is -2.21. The predicted octanol–water partition coefficient (Wildman–Crippen LogP) is -0.188. The van der Waals surface area contributed by atoms with Gasteiger partial charge in [0.2, 0.25) is 15.9 Å². The number of sulfone groups is 1. The molecule has 11 heteroatoms. The lowest BCUT2D eigenvalue weighted by molar-refractivity contribution is -0.117. The molecule has 0 aromatic heterocycles. The number of amides is 1. The number of rotatable bonds is 8. The third-order valence-electron chi connectivity index (χ3n) is 4.38. The molecule has 0 saturated carbocycles. The number of hydrogen-bond acceptors (Lipinski definition) is 6. The third-order valence-corrected chi connectivity index (χ3v) is 7.92. The summed E-state index contributed by atoms with van der Waals surface area (Å²) in [5, 5.41) is 0. The first-order valence-electron chi connectivity index (χ1n) is 8.57. The van der Waals surface area contributed by atoms with Crippen molar-refractivity contribution in [3.63, 3.8) is 0 Å². The van der Waals surface area contributed by atoms with E-state index in [1.165, 1.54) is 16.4 Å². The van der Waals surface area contributed by atoms with Gasteiger partial charge in [-0.25, -0.2) is 21.2 Å². The molecule has 1 heterocycles. The van der Waals surface area contributed by atoms with Crippen LogP contribution >= 0.6 is 0 Å². The van der Waals surface area contributed by atoms with E-state index in [2.05, 4.69) is 0 Å². The fourth-order valence-corrected chi connectivity index (χ4v) is 5.52. The van der Waals surface area contributed by atoms with Crippen molar-refractivity contribution in [3.05, 3.63) is 30.1 Å². The van der Waals surface area contributed by atoms with Gasteiger partial charge in [-0.1, -0.05) is 0 Å². The van der Waals surface area contributed by atoms with E-state index in [0.717, 1.165) is 12.1 Å². The highest BCUT2D eigenvalue weighted by atomic mass is 32.2. The van der Waals surface area contributed by atoms with Crippen molar-refractivity contribution in [1.82, 2.24) is 9.21 Å². The molecule has 0 atom stereocenters. The smallest absolute Gasteiger partial charge is 0.243 e. The number of sulfonamides is 1. The molecule has 1 amide bonds. The van der Waals surface area contributed by atoms with Gasteiger partial charge in [-0.15, -0.1) is 0 Å². The van der Waals surface area contributed by atoms with Crippen molar-refractivity contribution in [2.24, 2.45) is 5.73 Å². The number of benzene rings is 1. The van der Waals surface area contributed by atoms with Gasteiger partial charge in [0.1, 0.15) is 5.82 Å². The molecule has 152 valence electrons. The first-order valence-corrected chi connectivity index (χ1v) is 11.8. The summed E-state index contributed by atoms with van der Waals surface area (Å²) in [6.07, 6.45) is 0.355. The average Bonchev–Trinajstić information content (AvgIpc) is 2.85. The Morgan fingerprint density at radius 2 is 1.67 bits per heavy atom. The van der Waals surface area contributed by atoms with Crippen LogP contribution in [-0.4, -0.2) is 76.2 Å². The van der Waals surface area contributed by atoms with E-state index < -0.39 is 31.6 Å². The van der Waals surface area contributed by atoms with E-state index in [1.54, 1.807) is 0 Å². The Morgan fingerprint density at radius 3 is 2.30 bits per heavy atom. The maximum atomic E-state index is 13.0. The van der Waals surface area contributed by atoms with Gasteiger partial charge < -0.3 is 10.6 Å². The minimum absolute atomic E-state index is 0.0337. The molecule has 0 unspecified atom stereocenters. The van der Waals surface area contributed by atoms with E-state index in [-0.39, 0.29) is 35.9 Å². The van der Waals surface area contributed by atoms with E-state index in [9.17, 15) is 26.0 Å². The fourth-order valence-electron chi connectivity index (χ4n) is 2.79. The normalized spacial score (nSPS) is 17.5. The van der Waals surface area contributed by atoms with E-state index >= 15 is 0 Å². The summed E-state index contributed by atoms with van der Waals surface area (Å²) in [4.78, 5) is 12.7. The Labute approximate surface area is 159 Å².